The van der Waals surface area contributed by atoms with Gasteiger partial charge in [0.1, 0.15) is 17.0 Å². The van der Waals surface area contributed by atoms with Crippen LogP contribution in [0.25, 0.3) is 10.2 Å². The van der Waals surface area contributed by atoms with E-state index in [2.05, 4.69) is 25.0 Å². The molecule has 0 bridgehead atoms. The van der Waals surface area contributed by atoms with Crippen molar-refractivity contribution < 1.29 is 17.9 Å². The summed E-state index contributed by atoms with van der Waals surface area (Å²) < 4.78 is 41.1. The highest BCUT2D eigenvalue weighted by Gasteiger charge is 2.29. The predicted molar refractivity (Wildman–Crippen MR) is 88.1 cm³/mol. The van der Waals surface area contributed by atoms with Crippen molar-refractivity contribution in [3.63, 3.8) is 0 Å². The fourth-order valence-corrected chi connectivity index (χ4v) is 3.81. The minimum atomic E-state index is -4.39. The van der Waals surface area contributed by atoms with Gasteiger partial charge in [-0.15, -0.1) is 11.3 Å². The van der Waals surface area contributed by atoms with Gasteiger partial charge in [0, 0.05) is 11.6 Å². The normalized spacial score (nSPS) is 13.2. The van der Waals surface area contributed by atoms with E-state index in [4.69, 9.17) is 11.6 Å². The molecule has 0 aliphatic heterocycles. The molecule has 0 aromatic carbocycles. The van der Waals surface area contributed by atoms with Crippen molar-refractivity contribution >= 4 is 50.3 Å². The molecule has 3 heterocycles. The van der Waals surface area contributed by atoms with E-state index in [1.54, 1.807) is 5.38 Å². The maximum Gasteiger partial charge on any atom is 0.422 e. The van der Waals surface area contributed by atoms with Crippen molar-refractivity contribution in [2.75, 3.05) is 11.9 Å². The number of anilines is 1. The van der Waals surface area contributed by atoms with Crippen LogP contribution in [0.2, 0.25) is 5.02 Å². The third-order valence-electron chi connectivity index (χ3n) is 2.97. The highest BCUT2D eigenvalue weighted by Crippen LogP contribution is 2.35. The number of alkyl halides is 3. The zero-order valence-corrected chi connectivity index (χ0v) is 14.5. The molecule has 3 aromatic heterocycles. The molecule has 0 fully saturated rings. The van der Waals surface area contributed by atoms with Gasteiger partial charge in [-0.05, 0) is 6.92 Å². The lowest BCUT2D eigenvalue weighted by molar-refractivity contribution is -0.153. The fraction of sp³-hybridized carbons (Fsp3) is 0.308. The van der Waals surface area contributed by atoms with E-state index in [-0.39, 0.29) is 11.2 Å². The van der Waals surface area contributed by atoms with Gasteiger partial charge >= 0.3 is 6.18 Å². The number of fused-ring (bicyclic) bond motifs is 1. The molecule has 1 unspecified atom stereocenters. The lowest BCUT2D eigenvalue weighted by atomic mass is 10.3. The first-order valence-corrected chi connectivity index (χ1v) is 8.70. The molecule has 1 atom stereocenters. The molecule has 0 saturated carbocycles. The van der Waals surface area contributed by atoms with Gasteiger partial charge in [0.25, 0.3) is 5.19 Å². The third-order valence-corrected chi connectivity index (χ3v) is 5.37. The lowest BCUT2D eigenvalue weighted by Gasteiger charge is -2.13. The van der Waals surface area contributed by atoms with Crippen LogP contribution < -0.4 is 10.1 Å². The Morgan fingerprint density at radius 2 is 2.12 bits per heavy atom. The fourth-order valence-electron chi connectivity index (χ4n) is 1.91. The molecule has 0 aliphatic carbocycles. The maximum absolute atomic E-state index is 12.2. The van der Waals surface area contributed by atoms with E-state index in [0.29, 0.717) is 21.1 Å². The van der Waals surface area contributed by atoms with Crippen LogP contribution in [0.1, 0.15) is 17.8 Å². The number of thiazole rings is 1. The van der Waals surface area contributed by atoms with Gasteiger partial charge < -0.3 is 10.1 Å². The van der Waals surface area contributed by atoms with Gasteiger partial charge in [-0.2, -0.15) is 13.2 Å². The van der Waals surface area contributed by atoms with Crippen molar-refractivity contribution in [1.82, 2.24) is 15.0 Å². The number of halogens is 4. The number of nitrogens with zero attached hydrogens (tertiary/aromatic N) is 3. The Bertz CT molecular complexity index is 851. The molecule has 5 nitrogen and oxygen atoms in total. The molecule has 0 spiro atoms. The summed E-state index contributed by atoms with van der Waals surface area (Å²) in [5, 5.41) is 6.18. The van der Waals surface area contributed by atoms with E-state index in [1.807, 2.05) is 6.92 Å². The summed E-state index contributed by atoms with van der Waals surface area (Å²) in [6, 6.07) is -0.236. The number of hydrogen-bond donors (Lipinski definition) is 1. The van der Waals surface area contributed by atoms with Gasteiger partial charge in [-0.1, -0.05) is 22.9 Å². The largest absolute Gasteiger partial charge is 0.460 e. The molecular formula is C13H10ClF3N4OS2. The van der Waals surface area contributed by atoms with Crippen molar-refractivity contribution in [3.05, 3.63) is 27.8 Å². The van der Waals surface area contributed by atoms with E-state index >= 15 is 0 Å². The Hall–Kier alpha value is -1.65. The summed E-state index contributed by atoms with van der Waals surface area (Å²) >= 11 is 8.60. The van der Waals surface area contributed by atoms with Crippen molar-refractivity contribution in [3.8, 4) is 5.19 Å². The average Bonchev–Trinajstić information content (AvgIpc) is 3.12. The molecule has 3 rings (SSSR count). The molecule has 1 N–H and O–H groups in total. The Morgan fingerprint density at radius 3 is 2.88 bits per heavy atom. The summed E-state index contributed by atoms with van der Waals surface area (Å²) in [4.78, 5) is 13.6. The summed E-state index contributed by atoms with van der Waals surface area (Å²) in [6.07, 6.45) is -1.49. The number of thiophene rings is 1. The quantitative estimate of drug-likeness (QED) is 0.665. The Kier molecular flexibility index (Phi) is 4.79. The van der Waals surface area contributed by atoms with Crippen LogP contribution in [0.3, 0.4) is 0 Å². The second kappa shape index (κ2) is 6.69. The molecular weight excluding hydrogens is 385 g/mol. The molecule has 0 saturated heterocycles. The van der Waals surface area contributed by atoms with Gasteiger partial charge in [0.05, 0.1) is 21.3 Å². The van der Waals surface area contributed by atoms with Gasteiger partial charge in [0.2, 0.25) is 0 Å². The van der Waals surface area contributed by atoms with Crippen LogP contribution in [-0.2, 0) is 0 Å². The topological polar surface area (TPSA) is 59.9 Å². The molecule has 24 heavy (non-hydrogen) atoms. The number of aromatic nitrogens is 3. The first-order valence-electron chi connectivity index (χ1n) is 6.63. The van der Waals surface area contributed by atoms with Gasteiger partial charge in [0.15, 0.2) is 6.61 Å². The number of nitrogens with one attached hydrogen (secondary N) is 1. The first kappa shape index (κ1) is 17.2. The second-order valence-electron chi connectivity index (χ2n) is 4.78. The summed E-state index contributed by atoms with van der Waals surface area (Å²) in [7, 11) is 0. The van der Waals surface area contributed by atoms with E-state index in [9.17, 15) is 13.2 Å². The van der Waals surface area contributed by atoms with Gasteiger partial charge in [-0.25, -0.2) is 15.0 Å². The van der Waals surface area contributed by atoms with Crippen LogP contribution >= 0.6 is 34.3 Å². The molecule has 11 heteroatoms. The van der Waals surface area contributed by atoms with Crippen LogP contribution in [0.15, 0.2) is 17.9 Å². The minimum Gasteiger partial charge on any atom is -0.460 e. The highest BCUT2D eigenvalue weighted by molar-refractivity contribution is 7.17. The SMILES string of the molecule is CC(Nc1ncnc2scc(Cl)c12)c1cnc(OCC(F)(F)F)s1. The minimum absolute atomic E-state index is 0.0302. The average molecular weight is 395 g/mol. The molecule has 0 radical (unpaired) electrons. The standard InChI is InChI=1S/C13H10ClF3N4OS2/c1-6(8-2-18-12(24-8)22-4-13(15,16)17)21-10-9-7(14)3-23-11(9)20-5-19-10/h2-3,5-6H,4H2,1H3,(H,19,20,21). The van der Waals surface area contributed by atoms with Crippen molar-refractivity contribution in [2.45, 2.75) is 19.1 Å². The monoisotopic (exact) mass is 394 g/mol. The molecule has 128 valence electrons. The van der Waals surface area contributed by atoms with E-state index in [0.717, 1.165) is 16.2 Å². The summed E-state index contributed by atoms with van der Waals surface area (Å²) in [6.45, 7) is 0.480. The second-order valence-corrected chi connectivity index (χ2v) is 7.07. The summed E-state index contributed by atoms with van der Waals surface area (Å²) in [5.74, 6) is 0.560. The van der Waals surface area contributed by atoms with Crippen molar-refractivity contribution in [1.29, 1.82) is 0 Å². The number of ether oxygens (including phenoxy) is 1. The van der Waals surface area contributed by atoms with Crippen molar-refractivity contribution in [2.24, 2.45) is 0 Å². The summed E-state index contributed by atoms with van der Waals surface area (Å²) in [5.41, 5.74) is 0. The zero-order valence-electron chi connectivity index (χ0n) is 12.1. The van der Waals surface area contributed by atoms with Gasteiger partial charge in [-0.3, -0.25) is 0 Å². The smallest absolute Gasteiger partial charge is 0.422 e. The number of hydrogen-bond acceptors (Lipinski definition) is 7. The zero-order chi connectivity index (χ0) is 17.3. The van der Waals surface area contributed by atoms with Crippen LogP contribution in [0, 0.1) is 0 Å². The third kappa shape index (κ3) is 3.87. The lowest BCUT2D eigenvalue weighted by Crippen LogP contribution is -2.19. The van der Waals surface area contributed by atoms with Crippen LogP contribution in [0.4, 0.5) is 19.0 Å². The molecule has 0 amide bonds. The Balaban J connectivity index is 1.74. The number of rotatable bonds is 5. The van der Waals surface area contributed by atoms with E-state index in [1.165, 1.54) is 23.9 Å². The van der Waals surface area contributed by atoms with Crippen LogP contribution in [-0.4, -0.2) is 27.7 Å². The first-order chi connectivity index (χ1) is 11.3. The molecule has 0 aliphatic rings. The highest BCUT2D eigenvalue weighted by atomic mass is 35.5. The molecule has 3 aromatic rings. The maximum atomic E-state index is 12.2. The van der Waals surface area contributed by atoms with Crippen LogP contribution in [0.5, 0.6) is 5.19 Å². The predicted octanol–water partition coefficient (Wildman–Crippen LogP) is 4.92. The Morgan fingerprint density at radius 1 is 1.33 bits per heavy atom. The Labute approximate surface area is 147 Å². The van der Waals surface area contributed by atoms with E-state index < -0.39 is 12.8 Å².